The third-order valence-electron chi connectivity index (χ3n) is 3.11. The van der Waals surface area contributed by atoms with E-state index < -0.39 is 10.0 Å². The van der Waals surface area contributed by atoms with Crippen LogP contribution < -0.4 is 4.74 Å². The van der Waals surface area contributed by atoms with Gasteiger partial charge in [0, 0.05) is 13.1 Å². The van der Waals surface area contributed by atoms with Crippen molar-refractivity contribution < 1.29 is 13.2 Å². The van der Waals surface area contributed by atoms with Crippen LogP contribution in [-0.2, 0) is 16.6 Å². The van der Waals surface area contributed by atoms with Crippen LogP contribution in [0.5, 0.6) is 5.75 Å². The van der Waals surface area contributed by atoms with E-state index in [4.69, 9.17) is 4.74 Å². The second-order valence-corrected chi connectivity index (χ2v) is 7.36. The van der Waals surface area contributed by atoms with Crippen molar-refractivity contribution >= 4 is 21.4 Å². The molecule has 0 saturated carbocycles. The Kier molecular flexibility index (Phi) is 5.39. The minimum atomic E-state index is -3.48. The fourth-order valence-corrected chi connectivity index (χ4v) is 4.20. The van der Waals surface area contributed by atoms with Gasteiger partial charge in [0.2, 0.25) is 10.0 Å². The molecule has 21 heavy (non-hydrogen) atoms. The summed E-state index contributed by atoms with van der Waals surface area (Å²) in [5, 5.41) is 3.94. The summed E-state index contributed by atoms with van der Waals surface area (Å²) in [6.07, 6.45) is 0.777. The normalized spacial score (nSPS) is 11.8. The number of hydrogen-bond acceptors (Lipinski definition) is 4. The first-order valence-electron chi connectivity index (χ1n) is 6.73. The summed E-state index contributed by atoms with van der Waals surface area (Å²) >= 11 is 1.57. The number of rotatable bonds is 7. The minimum Gasteiger partial charge on any atom is -0.497 e. The molecule has 0 bridgehead atoms. The van der Waals surface area contributed by atoms with Crippen molar-refractivity contribution in [3.05, 3.63) is 46.7 Å². The Morgan fingerprint density at radius 2 is 1.90 bits per heavy atom. The monoisotopic (exact) mass is 325 g/mol. The first kappa shape index (κ1) is 16.0. The Morgan fingerprint density at radius 3 is 2.43 bits per heavy atom. The molecule has 0 atom stereocenters. The van der Waals surface area contributed by atoms with E-state index in [9.17, 15) is 8.42 Å². The van der Waals surface area contributed by atoms with E-state index in [1.165, 1.54) is 4.31 Å². The molecule has 1 heterocycles. The number of thiophene rings is 1. The molecule has 114 valence electrons. The van der Waals surface area contributed by atoms with E-state index in [0.29, 0.717) is 23.7 Å². The Labute approximate surface area is 130 Å². The molecule has 2 aromatic rings. The van der Waals surface area contributed by atoms with Gasteiger partial charge in [-0.1, -0.05) is 6.92 Å². The maximum atomic E-state index is 12.7. The van der Waals surface area contributed by atoms with Gasteiger partial charge in [-0.05, 0) is 53.1 Å². The number of ether oxygens (including phenoxy) is 1. The second kappa shape index (κ2) is 7.06. The standard InChI is InChI=1S/C15H19NO3S2/c1-3-9-16(11-13-8-10-20-12-13)21(17,18)15-6-4-14(19-2)5-7-15/h4-8,10,12H,3,9,11H2,1-2H3. The van der Waals surface area contributed by atoms with Gasteiger partial charge in [-0.3, -0.25) is 0 Å². The van der Waals surface area contributed by atoms with Crippen molar-refractivity contribution in [1.29, 1.82) is 0 Å². The van der Waals surface area contributed by atoms with Crippen LogP contribution in [-0.4, -0.2) is 26.4 Å². The highest BCUT2D eigenvalue weighted by molar-refractivity contribution is 7.89. The van der Waals surface area contributed by atoms with E-state index in [1.807, 2.05) is 23.8 Å². The molecule has 0 unspecified atom stereocenters. The van der Waals surface area contributed by atoms with Crippen LogP contribution in [0.2, 0.25) is 0 Å². The van der Waals surface area contributed by atoms with Crippen molar-refractivity contribution in [3.63, 3.8) is 0 Å². The second-order valence-electron chi connectivity index (χ2n) is 4.65. The average Bonchev–Trinajstić information content (AvgIpc) is 3.00. The number of hydrogen-bond donors (Lipinski definition) is 0. The summed E-state index contributed by atoms with van der Waals surface area (Å²) in [6.45, 7) is 2.89. The highest BCUT2D eigenvalue weighted by Gasteiger charge is 2.24. The molecule has 0 aliphatic heterocycles. The zero-order chi connectivity index (χ0) is 15.3. The summed E-state index contributed by atoms with van der Waals surface area (Å²) in [7, 11) is -1.92. The summed E-state index contributed by atoms with van der Waals surface area (Å²) in [4.78, 5) is 0.298. The van der Waals surface area contributed by atoms with Gasteiger partial charge in [0.15, 0.2) is 0 Å². The summed E-state index contributed by atoms with van der Waals surface area (Å²) in [5.41, 5.74) is 1.02. The predicted molar refractivity (Wildman–Crippen MR) is 85.2 cm³/mol. The molecule has 0 spiro atoms. The van der Waals surface area contributed by atoms with Crippen molar-refractivity contribution in [2.75, 3.05) is 13.7 Å². The molecule has 0 aliphatic carbocycles. The molecular formula is C15H19NO3S2. The van der Waals surface area contributed by atoms with Gasteiger partial charge in [0.05, 0.1) is 12.0 Å². The molecule has 1 aromatic heterocycles. The molecule has 0 saturated heterocycles. The zero-order valence-electron chi connectivity index (χ0n) is 12.2. The first-order valence-corrected chi connectivity index (χ1v) is 9.11. The number of benzene rings is 1. The van der Waals surface area contributed by atoms with Crippen LogP contribution in [0.4, 0.5) is 0 Å². The summed E-state index contributed by atoms with van der Waals surface area (Å²) in [5.74, 6) is 0.647. The van der Waals surface area contributed by atoms with Gasteiger partial charge in [0.25, 0.3) is 0 Å². The van der Waals surface area contributed by atoms with E-state index in [0.717, 1.165) is 12.0 Å². The molecular weight excluding hydrogens is 306 g/mol. The van der Waals surface area contributed by atoms with Gasteiger partial charge in [-0.25, -0.2) is 8.42 Å². The molecule has 6 heteroatoms. The molecule has 0 N–H and O–H groups in total. The zero-order valence-corrected chi connectivity index (χ0v) is 13.8. The summed E-state index contributed by atoms with van der Waals surface area (Å²) in [6, 6.07) is 8.47. The number of sulfonamides is 1. The molecule has 0 fully saturated rings. The van der Waals surface area contributed by atoms with Crippen molar-refractivity contribution in [2.24, 2.45) is 0 Å². The molecule has 0 aliphatic rings. The van der Waals surface area contributed by atoms with Crippen LogP contribution >= 0.6 is 11.3 Å². The lowest BCUT2D eigenvalue weighted by molar-refractivity contribution is 0.405. The fraction of sp³-hybridized carbons (Fsp3) is 0.333. The van der Waals surface area contributed by atoms with Crippen LogP contribution in [0.3, 0.4) is 0 Å². The lowest BCUT2D eigenvalue weighted by atomic mass is 10.3. The van der Waals surface area contributed by atoms with Gasteiger partial charge in [-0.15, -0.1) is 0 Å². The van der Waals surface area contributed by atoms with E-state index in [1.54, 1.807) is 42.7 Å². The van der Waals surface area contributed by atoms with Gasteiger partial charge in [0.1, 0.15) is 5.75 Å². The molecule has 4 nitrogen and oxygen atoms in total. The van der Waals surface area contributed by atoms with Crippen molar-refractivity contribution in [1.82, 2.24) is 4.31 Å². The maximum Gasteiger partial charge on any atom is 0.243 e. The van der Waals surface area contributed by atoms with E-state index >= 15 is 0 Å². The SMILES string of the molecule is CCCN(Cc1ccsc1)S(=O)(=O)c1ccc(OC)cc1. The average molecular weight is 325 g/mol. The molecule has 2 rings (SSSR count). The smallest absolute Gasteiger partial charge is 0.243 e. The Morgan fingerprint density at radius 1 is 1.19 bits per heavy atom. The third kappa shape index (κ3) is 3.84. The quantitative estimate of drug-likeness (QED) is 0.784. The van der Waals surface area contributed by atoms with E-state index in [2.05, 4.69) is 0 Å². The predicted octanol–water partition coefficient (Wildman–Crippen LogP) is 3.36. The van der Waals surface area contributed by atoms with Gasteiger partial charge < -0.3 is 4.74 Å². The minimum absolute atomic E-state index is 0.298. The maximum absolute atomic E-state index is 12.7. The molecule has 1 aromatic carbocycles. The Bertz CT molecular complexity index is 649. The van der Waals surface area contributed by atoms with Crippen molar-refractivity contribution in [3.8, 4) is 5.75 Å². The first-order chi connectivity index (χ1) is 10.1. The summed E-state index contributed by atoms with van der Waals surface area (Å²) < 4.78 is 32.1. The van der Waals surface area contributed by atoms with Crippen LogP contribution in [0.1, 0.15) is 18.9 Å². The van der Waals surface area contributed by atoms with Gasteiger partial charge >= 0.3 is 0 Å². The van der Waals surface area contributed by atoms with Crippen LogP contribution in [0.15, 0.2) is 46.0 Å². The highest BCUT2D eigenvalue weighted by atomic mass is 32.2. The Hall–Kier alpha value is -1.37. The molecule has 0 amide bonds. The van der Waals surface area contributed by atoms with E-state index in [-0.39, 0.29) is 0 Å². The third-order valence-corrected chi connectivity index (χ3v) is 5.70. The van der Waals surface area contributed by atoms with Gasteiger partial charge in [-0.2, -0.15) is 15.6 Å². The molecule has 0 radical (unpaired) electrons. The van der Waals surface area contributed by atoms with Crippen LogP contribution in [0, 0.1) is 0 Å². The number of methoxy groups -OCH3 is 1. The lowest BCUT2D eigenvalue weighted by Gasteiger charge is -2.21. The largest absolute Gasteiger partial charge is 0.497 e. The fourth-order valence-electron chi connectivity index (χ4n) is 2.02. The Balaban J connectivity index is 2.27. The topological polar surface area (TPSA) is 46.6 Å². The van der Waals surface area contributed by atoms with Crippen molar-refractivity contribution in [2.45, 2.75) is 24.8 Å². The highest BCUT2D eigenvalue weighted by Crippen LogP contribution is 2.22. The number of nitrogens with zero attached hydrogens (tertiary/aromatic N) is 1. The van der Waals surface area contributed by atoms with Crippen LogP contribution in [0.25, 0.3) is 0 Å². The lowest BCUT2D eigenvalue weighted by Crippen LogP contribution is -2.31.